The average molecular weight is 312 g/mol. The van der Waals surface area contributed by atoms with Crippen LogP contribution < -0.4 is 10.7 Å². The highest BCUT2D eigenvalue weighted by Crippen LogP contribution is 2.16. The van der Waals surface area contributed by atoms with Crippen LogP contribution in [0.1, 0.15) is 10.4 Å². The van der Waals surface area contributed by atoms with Crippen LogP contribution in [0.2, 0.25) is 0 Å². The number of aliphatic carboxylic acids is 1. The zero-order chi connectivity index (χ0) is 16.4. The molecule has 2 aromatic heterocycles. The predicted octanol–water partition coefficient (Wildman–Crippen LogP) is 0.504. The highest BCUT2D eigenvalue weighted by atomic mass is 16.4. The highest BCUT2D eigenvalue weighted by Gasteiger charge is 2.18. The van der Waals surface area contributed by atoms with Crippen LogP contribution in [-0.4, -0.2) is 38.1 Å². The van der Waals surface area contributed by atoms with Crippen molar-refractivity contribution in [3.63, 3.8) is 0 Å². The minimum absolute atomic E-state index is 0.138. The molecule has 0 fully saturated rings. The van der Waals surface area contributed by atoms with E-state index >= 15 is 0 Å². The van der Waals surface area contributed by atoms with Gasteiger partial charge in [-0.05, 0) is 0 Å². The van der Waals surface area contributed by atoms with Crippen LogP contribution >= 0.6 is 0 Å². The number of benzene rings is 1. The van der Waals surface area contributed by atoms with E-state index in [1.54, 1.807) is 0 Å². The lowest BCUT2D eigenvalue weighted by Crippen LogP contribution is -2.33. The zero-order valence-electron chi connectivity index (χ0n) is 11.8. The van der Waals surface area contributed by atoms with Gasteiger partial charge in [0, 0.05) is 17.8 Å². The normalized spacial score (nSPS) is 10.6. The van der Waals surface area contributed by atoms with Crippen LogP contribution in [0.4, 0.5) is 0 Å². The number of amides is 1. The summed E-state index contributed by atoms with van der Waals surface area (Å²) in [7, 11) is 0. The van der Waals surface area contributed by atoms with Crippen molar-refractivity contribution >= 4 is 17.5 Å². The Bertz CT molecular complexity index is 943. The Morgan fingerprint density at radius 3 is 2.65 bits per heavy atom. The summed E-state index contributed by atoms with van der Waals surface area (Å²) in [6.07, 6.45) is 1.46. The number of rotatable bonds is 4. The van der Waals surface area contributed by atoms with Gasteiger partial charge in [0.2, 0.25) is 0 Å². The van der Waals surface area contributed by atoms with E-state index in [2.05, 4.69) is 15.4 Å². The summed E-state index contributed by atoms with van der Waals surface area (Å²) in [6, 6.07) is 10.4. The van der Waals surface area contributed by atoms with Gasteiger partial charge >= 0.3 is 5.97 Å². The first kappa shape index (κ1) is 14.5. The molecule has 0 spiro atoms. The standard InChI is InChI=1S/C15H12N4O4/c20-10-6-7-19-14(12(10)15(23)16-8-11(21)22)17-13(18-19)9-4-2-1-3-5-9/h1-7H,8H2,(H,16,23)(H,17,18)(H,21,22). The maximum Gasteiger partial charge on any atom is 0.322 e. The van der Waals surface area contributed by atoms with E-state index in [0.29, 0.717) is 5.82 Å². The van der Waals surface area contributed by atoms with Gasteiger partial charge in [-0.3, -0.25) is 19.5 Å². The van der Waals surface area contributed by atoms with Crippen molar-refractivity contribution < 1.29 is 14.7 Å². The lowest BCUT2D eigenvalue weighted by Gasteiger charge is -2.02. The van der Waals surface area contributed by atoms with Gasteiger partial charge in [0.25, 0.3) is 5.91 Å². The largest absolute Gasteiger partial charge is 0.480 e. The zero-order valence-corrected chi connectivity index (χ0v) is 11.8. The van der Waals surface area contributed by atoms with Crippen molar-refractivity contribution in [3.8, 4) is 11.4 Å². The molecular formula is C15H12N4O4. The van der Waals surface area contributed by atoms with E-state index in [0.717, 1.165) is 5.56 Å². The van der Waals surface area contributed by atoms with Crippen molar-refractivity contribution in [3.05, 3.63) is 58.4 Å². The first-order valence-corrected chi connectivity index (χ1v) is 6.73. The lowest BCUT2D eigenvalue weighted by molar-refractivity contribution is -0.135. The van der Waals surface area contributed by atoms with Gasteiger partial charge in [-0.25, -0.2) is 9.50 Å². The Morgan fingerprint density at radius 2 is 1.96 bits per heavy atom. The Labute approximate surface area is 129 Å². The third kappa shape index (κ3) is 2.82. The minimum atomic E-state index is -1.20. The number of nitrogens with zero attached hydrogens (tertiary/aromatic N) is 2. The highest BCUT2D eigenvalue weighted by molar-refractivity contribution is 6.00. The predicted molar refractivity (Wildman–Crippen MR) is 81.2 cm³/mol. The van der Waals surface area contributed by atoms with Gasteiger partial charge < -0.3 is 10.4 Å². The van der Waals surface area contributed by atoms with Gasteiger partial charge in [-0.1, -0.05) is 30.3 Å². The number of aromatic amines is 1. The van der Waals surface area contributed by atoms with Gasteiger partial charge in [0.05, 0.1) is 0 Å². The second-order valence-electron chi connectivity index (χ2n) is 4.76. The lowest BCUT2D eigenvalue weighted by atomic mass is 10.2. The number of hydrogen-bond acceptors (Lipinski definition) is 4. The molecule has 116 valence electrons. The Morgan fingerprint density at radius 1 is 1.22 bits per heavy atom. The Balaban J connectivity index is 2.09. The van der Waals surface area contributed by atoms with Crippen LogP contribution in [0.25, 0.3) is 17.0 Å². The number of H-pyrrole nitrogens is 1. The quantitative estimate of drug-likeness (QED) is 0.649. The number of fused-ring (bicyclic) bond motifs is 1. The average Bonchev–Trinajstić information content (AvgIpc) is 2.97. The van der Waals surface area contributed by atoms with Gasteiger partial charge in [-0.15, -0.1) is 0 Å². The van der Waals surface area contributed by atoms with Crippen LogP contribution in [0.15, 0.2) is 47.4 Å². The molecule has 2 heterocycles. The van der Waals surface area contributed by atoms with Crippen molar-refractivity contribution in [2.75, 3.05) is 6.54 Å². The van der Waals surface area contributed by atoms with Gasteiger partial charge in [0.15, 0.2) is 16.9 Å². The summed E-state index contributed by atoms with van der Waals surface area (Å²) >= 11 is 0. The van der Waals surface area contributed by atoms with Crippen molar-refractivity contribution in [1.29, 1.82) is 0 Å². The molecule has 3 aromatic rings. The molecule has 0 aliphatic carbocycles. The summed E-state index contributed by atoms with van der Waals surface area (Å²) in [5, 5.41) is 13.8. The summed E-state index contributed by atoms with van der Waals surface area (Å²) in [4.78, 5) is 38.9. The van der Waals surface area contributed by atoms with Crippen LogP contribution in [0.5, 0.6) is 0 Å². The van der Waals surface area contributed by atoms with Crippen molar-refractivity contribution in [1.82, 2.24) is 19.9 Å². The van der Waals surface area contributed by atoms with E-state index < -0.39 is 23.9 Å². The second-order valence-corrected chi connectivity index (χ2v) is 4.76. The molecule has 0 aliphatic rings. The molecule has 8 nitrogen and oxygen atoms in total. The third-order valence-electron chi connectivity index (χ3n) is 3.19. The first-order valence-electron chi connectivity index (χ1n) is 6.73. The maximum absolute atomic E-state index is 12.1. The summed E-state index contributed by atoms with van der Waals surface area (Å²) < 4.78 is 1.44. The molecule has 1 aromatic carbocycles. The maximum atomic E-state index is 12.1. The third-order valence-corrected chi connectivity index (χ3v) is 3.19. The van der Waals surface area contributed by atoms with E-state index in [1.165, 1.54) is 16.8 Å². The Hall–Kier alpha value is -3.42. The fourth-order valence-electron chi connectivity index (χ4n) is 2.15. The van der Waals surface area contributed by atoms with E-state index in [9.17, 15) is 14.4 Å². The molecule has 23 heavy (non-hydrogen) atoms. The van der Waals surface area contributed by atoms with E-state index in [-0.39, 0.29) is 11.2 Å². The molecule has 3 N–H and O–H groups in total. The number of nitrogens with one attached hydrogen (secondary N) is 2. The van der Waals surface area contributed by atoms with Crippen molar-refractivity contribution in [2.45, 2.75) is 0 Å². The topological polar surface area (TPSA) is 117 Å². The molecule has 8 heteroatoms. The Kier molecular flexibility index (Phi) is 3.63. The van der Waals surface area contributed by atoms with Gasteiger partial charge in [0.1, 0.15) is 12.1 Å². The number of pyridine rings is 1. The first-order chi connectivity index (χ1) is 11.1. The molecule has 0 radical (unpaired) electrons. The summed E-state index contributed by atoms with van der Waals surface area (Å²) in [5.74, 6) is -1.48. The molecule has 0 saturated heterocycles. The van der Waals surface area contributed by atoms with Crippen LogP contribution in [0, 0.1) is 0 Å². The molecular weight excluding hydrogens is 300 g/mol. The van der Waals surface area contributed by atoms with Crippen LogP contribution in [-0.2, 0) is 4.79 Å². The molecule has 3 rings (SSSR count). The minimum Gasteiger partial charge on any atom is -0.480 e. The van der Waals surface area contributed by atoms with Gasteiger partial charge in [-0.2, -0.15) is 0 Å². The summed E-state index contributed by atoms with van der Waals surface area (Å²) in [5.41, 5.74) is 0.200. The smallest absolute Gasteiger partial charge is 0.322 e. The molecule has 0 unspecified atom stereocenters. The fourth-order valence-corrected chi connectivity index (χ4v) is 2.15. The number of carboxylic acid groups (broad SMARTS) is 1. The van der Waals surface area contributed by atoms with E-state index in [4.69, 9.17) is 5.11 Å². The number of carboxylic acids is 1. The number of aromatic nitrogens is 3. The summed E-state index contributed by atoms with van der Waals surface area (Å²) in [6.45, 7) is -0.574. The number of carbonyl (C=O) groups excluding carboxylic acids is 1. The SMILES string of the molecule is O=C(O)CNC(=O)c1c(=O)ccn2[nH]c(-c3ccccc3)nc12. The monoisotopic (exact) mass is 312 g/mol. The van der Waals surface area contributed by atoms with E-state index in [1.807, 2.05) is 30.3 Å². The number of hydrogen-bond donors (Lipinski definition) is 3. The van der Waals surface area contributed by atoms with Crippen LogP contribution in [0.3, 0.4) is 0 Å². The molecule has 1 amide bonds. The molecule has 0 aliphatic heterocycles. The molecule has 0 saturated carbocycles. The molecule has 0 bridgehead atoms. The second kappa shape index (κ2) is 5.76. The molecule has 0 atom stereocenters. The fraction of sp³-hybridized carbons (Fsp3) is 0.0667. The number of carbonyl (C=O) groups is 2. The van der Waals surface area contributed by atoms with Crippen molar-refractivity contribution in [2.24, 2.45) is 0 Å².